The number of esters is 1. The van der Waals surface area contributed by atoms with Crippen LogP contribution in [0.2, 0.25) is 0 Å². The predicted molar refractivity (Wildman–Crippen MR) is 125 cm³/mol. The van der Waals surface area contributed by atoms with E-state index in [0.717, 1.165) is 32.2 Å². The fourth-order valence-corrected chi connectivity index (χ4v) is 4.36. The zero-order valence-corrected chi connectivity index (χ0v) is 19.0. The topological polar surface area (TPSA) is 86.1 Å². The van der Waals surface area contributed by atoms with E-state index in [4.69, 9.17) is 4.74 Å². The maximum atomic E-state index is 12.4. The minimum atomic E-state index is -0.428. The van der Waals surface area contributed by atoms with Crippen molar-refractivity contribution in [1.29, 1.82) is 0 Å². The largest absolute Gasteiger partial charge is 0.456 e. The summed E-state index contributed by atoms with van der Waals surface area (Å²) in [5.74, 6) is -0.823. The number of aromatic nitrogens is 3. The maximum Gasteiger partial charge on any atom is 0.306 e. The zero-order valence-electron chi connectivity index (χ0n) is 18.2. The molecule has 0 unspecified atom stereocenters. The van der Waals surface area contributed by atoms with Gasteiger partial charge < -0.3 is 10.1 Å². The number of carbonyl (C=O) groups excluding carboxylic acids is 2. The Balaban J connectivity index is 1.30. The van der Waals surface area contributed by atoms with Crippen molar-refractivity contribution in [3.05, 3.63) is 70.5 Å². The molecule has 32 heavy (non-hydrogen) atoms. The molecule has 0 fully saturated rings. The summed E-state index contributed by atoms with van der Waals surface area (Å²) in [4.78, 5) is 29.0. The highest BCUT2D eigenvalue weighted by Gasteiger charge is 2.16. The number of nitrogens with zero attached hydrogens (tertiary/aromatic N) is 3. The summed E-state index contributed by atoms with van der Waals surface area (Å²) in [6, 6.07) is 15.8. The van der Waals surface area contributed by atoms with Crippen LogP contribution in [0.5, 0.6) is 0 Å². The smallest absolute Gasteiger partial charge is 0.306 e. The number of para-hydroxylation sites is 1. The van der Waals surface area contributed by atoms with E-state index in [1.165, 1.54) is 0 Å². The summed E-state index contributed by atoms with van der Waals surface area (Å²) in [7, 11) is 0. The van der Waals surface area contributed by atoms with Crippen LogP contribution in [0.25, 0.3) is 15.9 Å². The summed E-state index contributed by atoms with van der Waals surface area (Å²) in [6.07, 6.45) is 0.665. The van der Waals surface area contributed by atoms with Gasteiger partial charge in [0.05, 0.1) is 44.4 Å². The first-order valence-corrected chi connectivity index (χ1v) is 11.2. The van der Waals surface area contributed by atoms with Crippen molar-refractivity contribution in [2.75, 3.05) is 11.9 Å². The zero-order chi connectivity index (χ0) is 22.7. The van der Waals surface area contributed by atoms with Crippen LogP contribution in [-0.4, -0.2) is 33.2 Å². The second-order valence-corrected chi connectivity index (χ2v) is 8.69. The molecule has 2 aromatic carbocycles. The van der Waals surface area contributed by atoms with E-state index in [0.29, 0.717) is 17.8 Å². The molecule has 4 aromatic rings. The molecular weight excluding hydrogens is 424 g/mol. The molecule has 0 bridgehead atoms. The number of hydrogen-bond donors (Lipinski definition) is 1. The van der Waals surface area contributed by atoms with Crippen molar-refractivity contribution in [3.8, 4) is 5.69 Å². The number of aryl methyl sites for hydroxylation is 3. The highest BCUT2D eigenvalue weighted by atomic mass is 32.1. The maximum absolute atomic E-state index is 12.4. The van der Waals surface area contributed by atoms with Gasteiger partial charge in [-0.3, -0.25) is 9.59 Å². The average Bonchev–Trinajstić information content (AvgIpc) is 3.32. The third-order valence-electron chi connectivity index (χ3n) is 5.08. The number of nitrogens with one attached hydrogen (secondary N) is 1. The van der Waals surface area contributed by atoms with Crippen LogP contribution in [0.4, 0.5) is 5.69 Å². The predicted octanol–water partition coefficient (Wildman–Crippen LogP) is 4.52. The Hall–Kier alpha value is -3.52. The van der Waals surface area contributed by atoms with Crippen LogP contribution in [-0.2, 0) is 20.7 Å². The number of amides is 1. The van der Waals surface area contributed by atoms with Crippen LogP contribution in [0.1, 0.15) is 28.4 Å². The molecule has 2 heterocycles. The van der Waals surface area contributed by atoms with Gasteiger partial charge in [-0.1, -0.05) is 29.8 Å². The number of anilines is 1. The van der Waals surface area contributed by atoms with E-state index in [9.17, 15) is 9.59 Å². The van der Waals surface area contributed by atoms with Gasteiger partial charge in [0.1, 0.15) is 0 Å². The van der Waals surface area contributed by atoms with E-state index in [2.05, 4.69) is 15.4 Å². The summed E-state index contributed by atoms with van der Waals surface area (Å²) in [5.41, 5.74) is 5.13. The van der Waals surface area contributed by atoms with Gasteiger partial charge in [0, 0.05) is 6.42 Å². The second kappa shape index (κ2) is 9.32. The van der Waals surface area contributed by atoms with Crippen molar-refractivity contribution < 1.29 is 14.3 Å². The molecule has 0 radical (unpaired) electrons. The molecule has 0 aliphatic rings. The van der Waals surface area contributed by atoms with E-state index < -0.39 is 11.9 Å². The molecule has 0 saturated carbocycles. The summed E-state index contributed by atoms with van der Waals surface area (Å²) in [6.45, 7) is 5.40. The highest BCUT2D eigenvalue weighted by molar-refractivity contribution is 7.18. The highest BCUT2D eigenvalue weighted by Crippen LogP contribution is 2.24. The third kappa shape index (κ3) is 4.86. The number of carbonyl (C=O) groups is 2. The molecule has 0 aliphatic heterocycles. The van der Waals surface area contributed by atoms with Crippen LogP contribution in [0.3, 0.4) is 0 Å². The lowest BCUT2D eigenvalue weighted by Gasteiger charge is -2.08. The molecule has 8 heteroatoms. The Bertz CT molecular complexity index is 1240. The third-order valence-corrected chi connectivity index (χ3v) is 6.18. The Labute approximate surface area is 190 Å². The van der Waals surface area contributed by atoms with Crippen LogP contribution < -0.4 is 5.32 Å². The van der Waals surface area contributed by atoms with Crippen molar-refractivity contribution >= 4 is 39.1 Å². The van der Waals surface area contributed by atoms with Crippen LogP contribution in [0.15, 0.2) is 48.5 Å². The van der Waals surface area contributed by atoms with Crippen molar-refractivity contribution in [3.63, 3.8) is 0 Å². The lowest BCUT2D eigenvalue weighted by Crippen LogP contribution is -2.21. The average molecular weight is 449 g/mol. The van der Waals surface area contributed by atoms with Gasteiger partial charge in [0.2, 0.25) is 0 Å². The number of ether oxygens (including phenoxy) is 1. The Kier molecular flexibility index (Phi) is 6.32. The van der Waals surface area contributed by atoms with Crippen molar-refractivity contribution in [2.45, 2.75) is 33.6 Å². The lowest BCUT2D eigenvalue weighted by atomic mass is 10.2. The summed E-state index contributed by atoms with van der Waals surface area (Å²) in [5, 5.41) is 8.22. The van der Waals surface area contributed by atoms with E-state index >= 15 is 0 Å². The van der Waals surface area contributed by atoms with E-state index in [1.54, 1.807) is 16.0 Å². The van der Waals surface area contributed by atoms with Gasteiger partial charge >= 0.3 is 5.97 Å². The molecule has 1 N–H and O–H groups in total. The lowest BCUT2D eigenvalue weighted by molar-refractivity contribution is -0.147. The monoisotopic (exact) mass is 448 g/mol. The molecule has 4 rings (SSSR count). The van der Waals surface area contributed by atoms with Gasteiger partial charge in [-0.2, -0.15) is 5.10 Å². The van der Waals surface area contributed by atoms with Crippen LogP contribution >= 0.6 is 11.3 Å². The molecule has 7 nitrogen and oxygen atoms in total. The molecule has 1 amide bonds. The Morgan fingerprint density at radius 1 is 1.06 bits per heavy atom. The number of rotatable bonds is 7. The Morgan fingerprint density at radius 3 is 2.56 bits per heavy atom. The Morgan fingerprint density at radius 2 is 1.81 bits per heavy atom. The standard InChI is InChI=1S/C24H24N4O3S/c1-15-8-10-18(11-9-15)28-17(3)24(16(2)27-28)26-21(29)14-31-23(30)13-12-22-25-19-6-4-5-7-20(19)32-22/h4-11H,12-14H2,1-3H3,(H,26,29). The normalized spacial score (nSPS) is 11.0. The van der Waals surface area contributed by atoms with E-state index in [1.807, 2.05) is 69.3 Å². The molecular formula is C24H24N4O3S. The van der Waals surface area contributed by atoms with E-state index in [-0.39, 0.29) is 13.0 Å². The number of thiazole rings is 1. The minimum absolute atomic E-state index is 0.177. The van der Waals surface area contributed by atoms with Gasteiger partial charge in [-0.15, -0.1) is 11.3 Å². The fraction of sp³-hybridized carbons (Fsp3) is 0.250. The quantitative estimate of drug-likeness (QED) is 0.420. The molecule has 164 valence electrons. The van der Waals surface area contributed by atoms with Crippen molar-refractivity contribution in [1.82, 2.24) is 14.8 Å². The summed E-state index contributed by atoms with van der Waals surface area (Å²) < 4.78 is 8.03. The molecule has 0 saturated heterocycles. The van der Waals surface area contributed by atoms with Gasteiger partial charge in [-0.25, -0.2) is 9.67 Å². The first kappa shape index (κ1) is 21.7. The molecule has 0 spiro atoms. The molecule has 2 aromatic heterocycles. The first-order valence-electron chi connectivity index (χ1n) is 10.3. The fourth-order valence-electron chi connectivity index (χ4n) is 3.39. The number of fused-ring (bicyclic) bond motifs is 1. The van der Waals surface area contributed by atoms with Crippen LogP contribution in [0, 0.1) is 20.8 Å². The SMILES string of the molecule is Cc1ccc(-n2nc(C)c(NC(=O)COC(=O)CCc3nc4ccccc4s3)c2C)cc1. The number of benzene rings is 2. The van der Waals surface area contributed by atoms with Gasteiger partial charge in [-0.05, 0) is 45.0 Å². The second-order valence-electron chi connectivity index (χ2n) is 7.58. The molecule has 0 aliphatic carbocycles. The minimum Gasteiger partial charge on any atom is -0.456 e. The van der Waals surface area contributed by atoms with Crippen molar-refractivity contribution in [2.24, 2.45) is 0 Å². The number of hydrogen-bond acceptors (Lipinski definition) is 6. The molecule has 0 atom stereocenters. The van der Waals surface area contributed by atoms with Gasteiger partial charge in [0.15, 0.2) is 6.61 Å². The van der Waals surface area contributed by atoms with Gasteiger partial charge in [0.25, 0.3) is 5.91 Å². The summed E-state index contributed by atoms with van der Waals surface area (Å²) >= 11 is 1.56. The first-order chi connectivity index (χ1) is 15.4.